The SMILES string of the molecule is Cc1[c-]c2c(cc1)-c1ccc(C)cc1C2.Cc1cc[c-]cc1.Cc1cc[c-]cc1.Cl.Cl.[C-]1=CC=CC1.[CH2]=[Ti]. The van der Waals surface area contributed by atoms with Crippen molar-refractivity contribution >= 4 is 29.6 Å². The van der Waals surface area contributed by atoms with Crippen molar-refractivity contribution in [3.8, 4) is 11.1 Å². The number of hydrogen-bond donors (Lipinski definition) is 0. The Morgan fingerprint density at radius 3 is 1.66 bits per heavy atom. The van der Waals surface area contributed by atoms with Gasteiger partial charge in [0.2, 0.25) is 0 Å². The molecule has 198 valence electrons. The van der Waals surface area contributed by atoms with Gasteiger partial charge in [0.1, 0.15) is 0 Å². The van der Waals surface area contributed by atoms with Crippen molar-refractivity contribution in [2.75, 3.05) is 0 Å². The van der Waals surface area contributed by atoms with E-state index in [1.807, 2.05) is 60.7 Å². The summed E-state index contributed by atoms with van der Waals surface area (Å²) in [7, 11) is 0. The van der Waals surface area contributed by atoms with E-state index in [2.05, 4.69) is 93.2 Å². The van der Waals surface area contributed by atoms with Gasteiger partial charge in [0.25, 0.3) is 0 Å². The summed E-state index contributed by atoms with van der Waals surface area (Å²) in [4.78, 5) is 3.25. The van der Waals surface area contributed by atoms with Crippen molar-refractivity contribution in [3.63, 3.8) is 0 Å². The van der Waals surface area contributed by atoms with Crippen LogP contribution < -0.4 is 0 Å². The quantitative estimate of drug-likeness (QED) is 0.128. The van der Waals surface area contributed by atoms with Gasteiger partial charge >= 0.3 is 24.8 Å². The van der Waals surface area contributed by atoms with Gasteiger partial charge in [-0.3, -0.25) is 6.08 Å². The number of hydrogen-bond acceptors (Lipinski definition) is 0. The van der Waals surface area contributed by atoms with E-state index in [4.69, 9.17) is 0 Å². The monoisotopic (exact) mass is 574 g/mol. The van der Waals surface area contributed by atoms with Crippen molar-refractivity contribution in [1.82, 2.24) is 0 Å². The predicted octanol–water partition coefficient (Wildman–Crippen LogP) is 9.38. The van der Waals surface area contributed by atoms with Crippen LogP contribution in [-0.4, -0.2) is 4.82 Å². The number of allylic oxidation sites excluding steroid dienone is 4. The molecule has 0 fully saturated rings. The molecule has 3 heteroatoms. The molecule has 2 aliphatic carbocycles. The number of aryl methyl sites for hydroxylation is 4. The van der Waals surface area contributed by atoms with Gasteiger partial charge in [0.05, 0.1) is 0 Å². The molecule has 38 heavy (non-hydrogen) atoms. The Labute approximate surface area is 254 Å². The Balaban J connectivity index is 0.000000507. The van der Waals surface area contributed by atoms with E-state index in [9.17, 15) is 0 Å². The average molecular weight is 575 g/mol. The Hall–Kier alpha value is -2.48. The Morgan fingerprint density at radius 1 is 0.684 bits per heavy atom. The zero-order chi connectivity index (χ0) is 26.2. The molecule has 0 unspecified atom stereocenters. The Bertz CT molecular complexity index is 1150. The van der Waals surface area contributed by atoms with E-state index in [0.29, 0.717) is 0 Å². The summed E-state index contributed by atoms with van der Waals surface area (Å²) in [5.74, 6) is 0. The van der Waals surface area contributed by atoms with Crippen LogP contribution >= 0.6 is 24.8 Å². The number of halogens is 2. The Morgan fingerprint density at radius 2 is 1.24 bits per heavy atom. The molecule has 0 saturated carbocycles. The zero-order valence-corrected chi connectivity index (χ0v) is 25.9. The van der Waals surface area contributed by atoms with Crippen LogP contribution in [-0.2, 0) is 26.4 Å². The van der Waals surface area contributed by atoms with E-state index < -0.39 is 0 Å². The van der Waals surface area contributed by atoms with E-state index in [0.717, 1.165) is 12.8 Å². The zero-order valence-electron chi connectivity index (χ0n) is 22.7. The third kappa shape index (κ3) is 12.9. The van der Waals surface area contributed by atoms with Gasteiger partial charge in [-0.1, -0.05) is 50.1 Å². The molecule has 0 atom stereocenters. The predicted molar refractivity (Wildman–Crippen MR) is 166 cm³/mol. The van der Waals surface area contributed by atoms with Crippen LogP contribution in [0.2, 0.25) is 0 Å². The molecule has 2 aliphatic rings. The molecule has 0 bridgehead atoms. The third-order valence-corrected chi connectivity index (χ3v) is 5.45. The topological polar surface area (TPSA) is 0 Å². The van der Waals surface area contributed by atoms with Crippen molar-refractivity contribution in [2.45, 2.75) is 40.5 Å². The van der Waals surface area contributed by atoms with Crippen molar-refractivity contribution in [3.05, 3.63) is 155 Å². The molecule has 0 amide bonds. The van der Waals surface area contributed by atoms with Gasteiger partial charge in [0, 0.05) is 0 Å². The molecule has 0 N–H and O–H groups in total. The molecule has 0 nitrogen and oxygen atoms in total. The van der Waals surface area contributed by atoms with E-state index in [1.54, 1.807) is 20.0 Å². The molecule has 0 heterocycles. The second-order valence-electron chi connectivity index (χ2n) is 8.53. The normalized spacial score (nSPS) is 10.5. The second-order valence-corrected chi connectivity index (χ2v) is 8.53. The molecular formula is C35H36Cl2Ti-4. The minimum absolute atomic E-state index is 0. The standard InChI is InChI=1S/C15H13.2C7H7.C5H5.CH2.2ClH.Ti/c1-10-3-5-14-12(7-10)9-13-8-11(2)4-6-15(13)14;2*1-7-5-3-2-4-6-7;1-2-4-5-3-1;;;;/h3-7H,9H2,1-2H3;2*3-6H,1H3;1-3H,4H2;1H2;2*1H;/q4*-1;;;;. The summed E-state index contributed by atoms with van der Waals surface area (Å²) >= 11 is 1.75. The van der Waals surface area contributed by atoms with Crippen molar-refractivity contribution < 1.29 is 20.0 Å². The molecule has 4 aromatic carbocycles. The first-order valence-electron chi connectivity index (χ1n) is 12.1. The summed E-state index contributed by atoms with van der Waals surface area (Å²) in [5.41, 5.74) is 10.7. The number of fused-ring (bicyclic) bond motifs is 3. The summed E-state index contributed by atoms with van der Waals surface area (Å²) in [6.45, 7) is 8.38. The van der Waals surface area contributed by atoms with Crippen LogP contribution in [0.15, 0.2) is 97.1 Å². The van der Waals surface area contributed by atoms with E-state index in [-0.39, 0.29) is 24.8 Å². The number of benzene rings is 4. The first-order chi connectivity index (χ1) is 17.5. The molecule has 0 spiro atoms. The molecular weight excluding hydrogens is 539 g/mol. The Kier molecular flexibility index (Phi) is 19.1. The first-order valence-corrected chi connectivity index (χ1v) is 13.2. The molecule has 0 aliphatic heterocycles. The molecule has 0 saturated heterocycles. The fraction of sp³-hybridized carbons (Fsp3) is 0.171. The maximum atomic E-state index is 3.45. The minimum atomic E-state index is 0. The molecule has 0 aromatic heterocycles. The van der Waals surface area contributed by atoms with E-state index in [1.165, 1.54) is 44.5 Å². The van der Waals surface area contributed by atoms with Crippen molar-refractivity contribution in [2.24, 2.45) is 0 Å². The van der Waals surface area contributed by atoms with Crippen LogP contribution in [0.1, 0.15) is 39.8 Å². The van der Waals surface area contributed by atoms with E-state index >= 15 is 0 Å². The van der Waals surface area contributed by atoms with Gasteiger partial charge in [-0.15, -0.1) is 42.4 Å². The molecule has 0 radical (unpaired) electrons. The van der Waals surface area contributed by atoms with Crippen LogP contribution in [0.4, 0.5) is 0 Å². The maximum absolute atomic E-state index is 3.45. The third-order valence-electron chi connectivity index (χ3n) is 5.45. The average Bonchev–Trinajstić information content (AvgIpc) is 3.58. The summed E-state index contributed by atoms with van der Waals surface area (Å²) in [6, 6.07) is 36.2. The van der Waals surface area contributed by atoms with Gasteiger partial charge in [-0.25, -0.2) is 12.2 Å². The summed E-state index contributed by atoms with van der Waals surface area (Å²) < 4.78 is 0. The first kappa shape index (κ1) is 35.5. The van der Waals surface area contributed by atoms with Crippen LogP contribution in [0, 0.1) is 52.0 Å². The van der Waals surface area contributed by atoms with Crippen LogP contribution in [0.3, 0.4) is 0 Å². The van der Waals surface area contributed by atoms with Gasteiger partial charge in [0.15, 0.2) is 0 Å². The summed E-state index contributed by atoms with van der Waals surface area (Å²) in [5, 5.41) is 0. The molecule has 6 rings (SSSR count). The van der Waals surface area contributed by atoms with Crippen molar-refractivity contribution in [1.29, 1.82) is 0 Å². The fourth-order valence-corrected chi connectivity index (χ4v) is 3.65. The van der Waals surface area contributed by atoms with Crippen LogP contribution in [0.25, 0.3) is 11.1 Å². The fourth-order valence-electron chi connectivity index (χ4n) is 3.65. The van der Waals surface area contributed by atoms with Gasteiger partial charge in [-0.05, 0) is 18.9 Å². The summed E-state index contributed by atoms with van der Waals surface area (Å²) in [6.07, 6.45) is 11.0. The van der Waals surface area contributed by atoms with Gasteiger partial charge < -0.3 is 0 Å². The second kappa shape index (κ2) is 20.5. The van der Waals surface area contributed by atoms with Crippen LogP contribution in [0.5, 0.6) is 0 Å². The molecule has 4 aromatic rings. The number of rotatable bonds is 0. The van der Waals surface area contributed by atoms with Gasteiger partial charge in [-0.2, -0.15) is 102 Å².